The molecule has 2 atom stereocenters. The molecule has 0 radical (unpaired) electrons. The minimum atomic E-state index is 0.524. The molecule has 1 aliphatic heterocycles. The van der Waals surface area contributed by atoms with Crippen molar-refractivity contribution in [3.63, 3.8) is 0 Å². The summed E-state index contributed by atoms with van der Waals surface area (Å²) in [6.45, 7) is 6.80. The highest BCUT2D eigenvalue weighted by Gasteiger charge is 2.25. The fraction of sp³-hybridized carbons (Fsp3) is 0.571. The quantitative estimate of drug-likeness (QED) is 0.713. The van der Waals surface area contributed by atoms with Gasteiger partial charge in [0.1, 0.15) is 0 Å². The van der Waals surface area contributed by atoms with Gasteiger partial charge >= 0.3 is 0 Å². The summed E-state index contributed by atoms with van der Waals surface area (Å²) < 4.78 is 0. The summed E-state index contributed by atoms with van der Waals surface area (Å²) in [6.07, 6.45) is 1.23. The topological polar surface area (TPSA) is 3.24 Å². The molecular formula is C14H19Cl2N. The van der Waals surface area contributed by atoms with Crippen LogP contribution in [0.2, 0.25) is 5.02 Å². The number of anilines is 1. The van der Waals surface area contributed by atoms with Crippen LogP contribution >= 0.6 is 23.2 Å². The molecule has 1 nitrogen and oxygen atoms in total. The Kier molecular flexibility index (Phi) is 4.22. The summed E-state index contributed by atoms with van der Waals surface area (Å²) in [5.41, 5.74) is 2.28. The molecule has 2 rings (SSSR count). The van der Waals surface area contributed by atoms with Gasteiger partial charge in [-0.2, -0.15) is 0 Å². The Balaban J connectivity index is 2.28. The highest BCUT2D eigenvalue weighted by molar-refractivity contribution is 6.33. The Morgan fingerprint density at radius 3 is 2.71 bits per heavy atom. The zero-order valence-electron chi connectivity index (χ0n) is 10.4. The van der Waals surface area contributed by atoms with Crippen molar-refractivity contribution >= 4 is 28.9 Å². The monoisotopic (exact) mass is 271 g/mol. The van der Waals surface area contributed by atoms with E-state index < -0.39 is 0 Å². The summed E-state index contributed by atoms with van der Waals surface area (Å²) in [5, 5.41) is 0.824. The molecule has 0 saturated carbocycles. The SMILES string of the molecule is CC1CCN(c2c(Cl)cccc2CCl)CC1C. The molecule has 0 bridgehead atoms. The van der Waals surface area contributed by atoms with Crippen LogP contribution in [0.1, 0.15) is 25.8 Å². The summed E-state index contributed by atoms with van der Waals surface area (Å²) >= 11 is 12.3. The van der Waals surface area contributed by atoms with Gasteiger partial charge in [-0.15, -0.1) is 11.6 Å². The summed E-state index contributed by atoms with van der Waals surface area (Å²) in [5.74, 6) is 2.03. The molecule has 1 heterocycles. The van der Waals surface area contributed by atoms with E-state index in [-0.39, 0.29) is 0 Å². The van der Waals surface area contributed by atoms with Crippen LogP contribution in [0.25, 0.3) is 0 Å². The predicted molar refractivity (Wildman–Crippen MR) is 76.2 cm³/mol. The summed E-state index contributed by atoms with van der Waals surface area (Å²) in [4.78, 5) is 2.39. The Morgan fingerprint density at radius 1 is 1.29 bits per heavy atom. The van der Waals surface area contributed by atoms with Crippen LogP contribution in [0.4, 0.5) is 5.69 Å². The number of alkyl halides is 1. The zero-order chi connectivity index (χ0) is 12.4. The van der Waals surface area contributed by atoms with Gasteiger partial charge in [0.2, 0.25) is 0 Å². The van der Waals surface area contributed by atoms with Gasteiger partial charge in [-0.3, -0.25) is 0 Å². The van der Waals surface area contributed by atoms with Crippen LogP contribution in [0.5, 0.6) is 0 Å². The van der Waals surface area contributed by atoms with Gasteiger partial charge in [0, 0.05) is 19.0 Å². The molecule has 0 spiro atoms. The number of para-hydroxylation sites is 1. The zero-order valence-corrected chi connectivity index (χ0v) is 11.9. The largest absolute Gasteiger partial charge is 0.370 e. The van der Waals surface area contributed by atoms with Gasteiger partial charge in [0.15, 0.2) is 0 Å². The van der Waals surface area contributed by atoms with E-state index in [1.165, 1.54) is 6.42 Å². The van der Waals surface area contributed by atoms with Gasteiger partial charge in [0.05, 0.1) is 10.7 Å². The molecule has 1 fully saturated rings. The Morgan fingerprint density at radius 2 is 2.06 bits per heavy atom. The second kappa shape index (κ2) is 5.49. The number of hydrogen-bond donors (Lipinski definition) is 0. The maximum absolute atomic E-state index is 6.33. The average Bonchev–Trinajstić information content (AvgIpc) is 2.32. The Labute approximate surface area is 114 Å². The maximum atomic E-state index is 6.33. The standard InChI is InChI=1S/C14H19Cl2N/c1-10-6-7-17(9-11(10)2)14-12(8-15)4-3-5-13(14)16/h3-5,10-11H,6-9H2,1-2H3. The first-order valence-electron chi connectivity index (χ1n) is 6.21. The van der Waals surface area contributed by atoms with E-state index in [2.05, 4.69) is 24.8 Å². The van der Waals surface area contributed by atoms with Gasteiger partial charge in [-0.05, 0) is 29.9 Å². The molecule has 94 valence electrons. The highest BCUT2D eigenvalue weighted by atomic mass is 35.5. The number of hydrogen-bond acceptors (Lipinski definition) is 1. The van der Waals surface area contributed by atoms with Gasteiger partial charge in [0.25, 0.3) is 0 Å². The number of halogens is 2. The second-order valence-corrected chi connectivity index (χ2v) is 5.74. The molecular weight excluding hydrogens is 253 g/mol. The smallest absolute Gasteiger partial charge is 0.0642 e. The molecule has 17 heavy (non-hydrogen) atoms. The molecule has 1 aromatic carbocycles. The predicted octanol–water partition coefficient (Wildman–Crippen LogP) is 4.56. The molecule has 0 N–H and O–H groups in total. The van der Waals surface area contributed by atoms with Crippen LogP contribution in [0.15, 0.2) is 18.2 Å². The highest BCUT2D eigenvalue weighted by Crippen LogP contribution is 2.35. The van der Waals surface area contributed by atoms with Crippen molar-refractivity contribution in [2.75, 3.05) is 18.0 Å². The van der Waals surface area contributed by atoms with E-state index >= 15 is 0 Å². The minimum Gasteiger partial charge on any atom is -0.370 e. The van der Waals surface area contributed by atoms with Gasteiger partial charge in [-0.1, -0.05) is 37.6 Å². The van der Waals surface area contributed by atoms with E-state index in [0.717, 1.165) is 35.3 Å². The lowest BCUT2D eigenvalue weighted by Gasteiger charge is -2.38. The van der Waals surface area contributed by atoms with Crippen molar-refractivity contribution in [1.82, 2.24) is 0 Å². The van der Waals surface area contributed by atoms with Crippen molar-refractivity contribution in [3.8, 4) is 0 Å². The van der Waals surface area contributed by atoms with Gasteiger partial charge in [-0.25, -0.2) is 0 Å². The average molecular weight is 272 g/mol. The van der Waals surface area contributed by atoms with Crippen molar-refractivity contribution < 1.29 is 0 Å². The summed E-state index contributed by atoms with van der Waals surface area (Å²) in [6, 6.07) is 5.99. The number of piperidine rings is 1. The number of nitrogens with zero attached hydrogens (tertiary/aromatic N) is 1. The molecule has 3 heteroatoms. The molecule has 0 aromatic heterocycles. The molecule has 0 amide bonds. The first kappa shape index (κ1) is 13.0. The van der Waals surface area contributed by atoms with Crippen LogP contribution < -0.4 is 4.90 Å². The summed E-state index contributed by atoms with van der Waals surface area (Å²) in [7, 11) is 0. The molecule has 1 aromatic rings. The van der Waals surface area contributed by atoms with Crippen LogP contribution in [-0.2, 0) is 5.88 Å². The Bertz CT molecular complexity index is 392. The van der Waals surface area contributed by atoms with E-state index in [1.807, 2.05) is 12.1 Å². The van der Waals surface area contributed by atoms with Crippen molar-refractivity contribution in [2.24, 2.45) is 11.8 Å². The first-order valence-corrected chi connectivity index (χ1v) is 7.13. The molecule has 2 unspecified atom stereocenters. The lowest BCUT2D eigenvalue weighted by Crippen LogP contribution is -2.39. The van der Waals surface area contributed by atoms with E-state index in [0.29, 0.717) is 11.8 Å². The fourth-order valence-corrected chi connectivity index (χ4v) is 3.02. The third kappa shape index (κ3) is 2.71. The van der Waals surface area contributed by atoms with Gasteiger partial charge < -0.3 is 4.90 Å². The van der Waals surface area contributed by atoms with Crippen LogP contribution in [0, 0.1) is 11.8 Å². The molecule has 1 aliphatic rings. The van der Waals surface area contributed by atoms with Crippen molar-refractivity contribution in [3.05, 3.63) is 28.8 Å². The number of rotatable bonds is 2. The van der Waals surface area contributed by atoms with Crippen molar-refractivity contribution in [2.45, 2.75) is 26.1 Å². The van der Waals surface area contributed by atoms with Crippen molar-refractivity contribution in [1.29, 1.82) is 0 Å². The third-order valence-corrected chi connectivity index (χ3v) is 4.46. The fourth-order valence-electron chi connectivity index (χ4n) is 2.49. The lowest BCUT2D eigenvalue weighted by atomic mass is 9.88. The van der Waals surface area contributed by atoms with E-state index in [4.69, 9.17) is 23.2 Å². The molecule has 1 saturated heterocycles. The third-order valence-electron chi connectivity index (χ3n) is 3.86. The maximum Gasteiger partial charge on any atom is 0.0642 e. The lowest BCUT2D eigenvalue weighted by molar-refractivity contribution is 0.324. The van der Waals surface area contributed by atoms with E-state index in [1.54, 1.807) is 0 Å². The number of benzene rings is 1. The first-order chi connectivity index (χ1) is 8.13. The second-order valence-electron chi connectivity index (χ2n) is 5.07. The van der Waals surface area contributed by atoms with Crippen LogP contribution in [-0.4, -0.2) is 13.1 Å². The Hall–Kier alpha value is -0.400. The van der Waals surface area contributed by atoms with Crippen LogP contribution in [0.3, 0.4) is 0 Å². The molecule has 0 aliphatic carbocycles. The minimum absolute atomic E-state index is 0.524. The normalized spacial score (nSPS) is 25.1. The van der Waals surface area contributed by atoms with E-state index in [9.17, 15) is 0 Å².